The van der Waals surface area contributed by atoms with Crippen molar-refractivity contribution >= 4 is 10.0 Å². The maximum atomic E-state index is 13.5. The van der Waals surface area contributed by atoms with Gasteiger partial charge in [-0.1, -0.05) is 6.92 Å². The molecule has 0 heterocycles. The quantitative estimate of drug-likeness (QED) is 0.801. The van der Waals surface area contributed by atoms with E-state index >= 15 is 0 Å². The molecule has 4 nitrogen and oxygen atoms in total. The lowest BCUT2D eigenvalue weighted by molar-refractivity contribution is 0.573. The van der Waals surface area contributed by atoms with E-state index < -0.39 is 10.0 Å². The van der Waals surface area contributed by atoms with Crippen LogP contribution in [0.25, 0.3) is 0 Å². The molecule has 1 saturated carbocycles. The number of sulfonamides is 1. The van der Waals surface area contributed by atoms with Gasteiger partial charge in [-0.2, -0.15) is 0 Å². The normalized spacial score (nSPS) is 15.7. The minimum Gasteiger partial charge on any atom is -0.313 e. The van der Waals surface area contributed by atoms with E-state index in [4.69, 9.17) is 0 Å². The second-order valence-corrected chi connectivity index (χ2v) is 6.60. The summed E-state index contributed by atoms with van der Waals surface area (Å²) >= 11 is 0. The van der Waals surface area contributed by atoms with Gasteiger partial charge >= 0.3 is 0 Å². The van der Waals surface area contributed by atoms with Gasteiger partial charge in [0.05, 0.1) is 4.90 Å². The van der Waals surface area contributed by atoms with Crippen LogP contribution in [-0.2, 0) is 16.6 Å². The van der Waals surface area contributed by atoms with Crippen molar-refractivity contribution in [2.45, 2.75) is 31.2 Å². The lowest BCUT2D eigenvalue weighted by Crippen LogP contribution is -2.26. The van der Waals surface area contributed by atoms with Crippen molar-refractivity contribution in [3.63, 3.8) is 0 Å². The number of halogens is 1. The van der Waals surface area contributed by atoms with E-state index in [2.05, 4.69) is 10.0 Å². The molecule has 0 saturated heterocycles. The molecule has 106 valence electrons. The fraction of sp³-hybridized carbons (Fsp3) is 0.538. The highest BCUT2D eigenvalue weighted by Gasteiger charge is 2.24. The van der Waals surface area contributed by atoms with Crippen LogP contribution >= 0.6 is 0 Å². The Morgan fingerprint density at radius 2 is 2.11 bits per heavy atom. The number of hydrogen-bond acceptors (Lipinski definition) is 3. The summed E-state index contributed by atoms with van der Waals surface area (Å²) < 4.78 is 40.2. The molecule has 0 aliphatic heterocycles. The van der Waals surface area contributed by atoms with Crippen LogP contribution in [-0.4, -0.2) is 21.5 Å². The minimum absolute atomic E-state index is 0.127. The Morgan fingerprint density at radius 1 is 1.37 bits per heavy atom. The molecule has 0 atom stereocenters. The lowest BCUT2D eigenvalue weighted by Gasteiger charge is -2.09. The fourth-order valence-electron chi connectivity index (χ4n) is 1.75. The van der Waals surface area contributed by atoms with Crippen molar-refractivity contribution in [2.75, 3.05) is 13.1 Å². The SMILES string of the molecule is CCNCc1cc(S(=O)(=O)NCC2CC2)ccc1F. The second kappa shape index (κ2) is 5.98. The third kappa shape index (κ3) is 3.99. The molecule has 0 unspecified atom stereocenters. The first-order chi connectivity index (χ1) is 9.03. The summed E-state index contributed by atoms with van der Waals surface area (Å²) in [6.45, 7) is 3.42. The molecule has 0 aromatic heterocycles. The van der Waals surface area contributed by atoms with E-state index in [0.717, 1.165) is 12.8 Å². The summed E-state index contributed by atoms with van der Waals surface area (Å²) in [5.41, 5.74) is 0.371. The molecule has 1 aromatic carbocycles. The van der Waals surface area contributed by atoms with Crippen LogP contribution in [0, 0.1) is 11.7 Å². The van der Waals surface area contributed by atoms with Gasteiger partial charge in [-0.15, -0.1) is 0 Å². The third-order valence-corrected chi connectivity index (χ3v) is 4.57. The minimum atomic E-state index is -3.52. The van der Waals surface area contributed by atoms with Crippen LogP contribution in [0.5, 0.6) is 0 Å². The highest BCUT2D eigenvalue weighted by molar-refractivity contribution is 7.89. The number of nitrogens with one attached hydrogen (secondary N) is 2. The molecule has 1 aliphatic carbocycles. The Morgan fingerprint density at radius 3 is 2.74 bits per heavy atom. The Kier molecular flexibility index (Phi) is 4.54. The molecule has 0 bridgehead atoms. The first-order valence-electron chi connectivity index (χ1n) is 6.51. The summed E-state index contributed by atoms with van der Waals surface area (Å²) in [6.07, 6.45) is 2.16. The monoisotopic (exact) mass is 286 g/mol. The van der Waals surface area contributed by atoms with Gasteiger partial charge < -0.3 is 5.32 Å². The maximum absolute atomic E-state index is 13.5. The van der Waals surface area contributed by atoms with E-state index in [0.29, 0.717) is 31.1 Å². The molecule has 2 rings (SSSR count). The largest absolute Gasteiger partial charge is 0.313 e. The second-order valence-electron chi connectivity index (χ2n) is 4.83. The summed E-state index contributed by atoms with van der Waals surface area (Å²) in [7, 11) is -3.52. The molecule has 0 radical (unpaired) electrons. The van der Waals surface area contributed by atoms with Gasteiger partial charge in [-0.25, -0.2) is 17.5 Å². The van der Waals surface area contributed by atoms with Gasteiger partial charge in [-0.05, 0) is 43.5 Å². The molecule has 19 heavy (non-hydrogen) atoms. The van der Waals surface area contributed by atoms with Crippen LogP contribution < -0.4 is 10.0 Å². The first-order valence-corrected chi connectivity index (χ1v) is 8.00. The molecule has 6 heteroatoms. The first kappa shape index (κ1) is 14.4. The van der Waals surface area contributed by atoms with Crippen molar-refractivity contribution < 1.29 is 12.8 Å². The molecule has 1 aromatic rings. The van der Waals surface area contributed by atoms with Crippen molar-refractivity contribution in [3.8, 4) is 0 Å². The van der Waals surface area contributed by atoms with Crippen molar-refractivity contribution in [1.29, 1.82) is 0 Å². The van der Waals surface area contributed by atoms with Crippen molar-refractivity contribution in [3.05, 3.63) is 29.6 Å². The predicted molar refractivity (Wildman–Crippen MR) is 71.7 cm³/mol. The average Bonchev–Trinajstić information content (AvgIpc) is 3.19. The lowest BCUT2D eigenvalue weighted by atomic mass is 10.2. The van der Waals surface area contributed by atoms with Crippen LogP contribution in [0.3, 0.4) is 0 Å². The fourth-order valence-corrected chi connectivity index (χ4v) is 2.91. The topological polar surface area (TPSA) is 58.2 Å². The van der Waals surface area contributed by atoms with E-state index in [1.165, 1.54) is 18.2 Å². The van der Waals surface area contributed by atoms with Crippen molar-refractivity contribution in [2.24, 2.45) is 5.92 Å². The van der Waals surface area contributed by atoms with Crippen LogP contribution in [0.15, 0.2) is 23.1 Å². The van der Waals surface area contributed by atoms with E-state index in [-0.39, 0.29) is 10.7 Å². The van der Waals surface area contributed by atoms with Gasteiger partial charge in [0.25, 0.3) is 0 Å². The molecular weight excluding hydrogens is 267 g/mol. The van der Waals surface area contributed by atoms with Gasteiger partial charge in [0.1, 0.15) is 5.82 Å². The van der Waals surface area contributed by atoms with Gasteiger partial charge in [0.15, 0.2) is 0 Å². The summed E-state index contributed by atoms with van der Waals surface area (Å²) in [4.78, 5) is 0.127. The zero-order valence-corrected chi connectivity index (χ0v) is 11.8. The van der Waals surface area contributed by atoms with E-state index in [9.17, 15) is 12.8 Å². The standard InChI is InChI=1S/C13H19FN2O2S/c1-2-15-9-11-7-12(5-6-13(11)14)19(17,18)16-8-10-3-4-10/h5-7,10,15-16H,2-4,8-9H2,1H3. The Labute approximate surface area is 113 Å². The van der Waals surface area contributed by atoms with Gasteiger partial charge in [-0.3, -0.25) is 0 Å². The number of rotatable bonds is 7. The molecule has 0 spiro atoms. The Hall–Kier alpha value is -0.980. The average molecular weight is 286 g/mol. The van der Waals surface area contributed by atoms with Crippen molar-refractivity contribution in [1.82, 2.24) is 10.0 Å². The number of benzene rings is 1. The zero-order valence-electron chi connectivity index (χ0n) is 10.9. The zero-order chi connectivity index (χ0) is 13.9. The number of hydrogen-bond donors (Lipinski definition) is 2. The van der Waals surface area contributed by atoms with Crippen LogP contribution in [0.1, 0.15) is 25.3 Å². The molecule has 1 fully saturated rings. The predicted octanol–water partition coefficient (Wildman–Crippen LogP) is 1.62. The summed E-state index contributed by atoms with van der Waals surface area (Å²) in [6, 6.07) is 3.91. The molecule has 0 amide bonds. The maximum Gasteiger partial charge on any atom is 0.240 e. The van der Waals surface area contributed by atoms with Crippen LogP contribution in [0.2, 0.25) is 0 Å². The van der Waals surface area contributed by atoms with E-state index in [1.54, 1.807) is 0 Å². The smallest absolute Gasteiger partial charge is 0.240 e. The van der Waals surface area contributed by atoms with E-state index in [1.807, 2.05) is 6.92 Å². The summed E-state index contributed by atoms with van der Waals surface area (Å²) in [5.74, 6) is 0.0820. The highest BCUT2D eigenvalue weighted by atomic mass is 32.2. The third-order valence-electron chi connectivity index (χ3n) is 3.15. The molecule has 1 aliphatic rings. The van der Waals surface area contributed by atoms with Gasteiger partial charge in [0, 0.05) is 18.7 Å². The van der Waals surface area contributed by atoms with Crippen LogP contribution in [0.4, 0.5) is 4.39 Å². The summed E-state index contributed by atoms with van der Waals surface area (Å²) in [5, 5.41) is 2.99. The Balaban J connectivity index is 2.13. The Bertz CT molecular complexity index is 542. The molecule has 2 N–H and O–H groups in total. The highest BCUT2D eigenvalue weighted by Crippen LogP contribution is 2.28. The van der Waals surface area contributed by atoms with Gasteiger partial charge in [0.2, 0.25) is 10.0 Å². The molecular formula is C13H19FN2O2S.